The number of rotatable bonds is 9. The Morgan fingerprint density at radius 3 is 2.48 bits per heavy atom. The van der Waals surface area contributed by atoms with E-state index < -0.39 is 28.3 Å². The molecule has 0 unspecified atom stereocenters. The van der Waals surface area contributed by atoms with Gasteiger partial charge < -0.3 is 10.6 Å². The molecule has 0 saturated heterocycles. The first-order valence-electron chi connectivity index (χ1n) is 10.4. The highest BCUT2D eigenvalue weighted by atomic mass is 79.9. The highest BCUT2D eigenvalue weighted by molar-refractivity contribution is 9.11. The molecule has 2 amide bonds. The van der Waals surface area contributed by atoms with Crippen LogP contribution < -0.4 is 15.4 Å². The van der Waals surface area contributed by atoms with Gasteiger partial charge in [-0.05, 0) is 47.8 Å². The van der Waals surface area contributed by atoms with Gasteiger partial charge in [0, 0.05) is 11.5 Å². The van der Waals surface area contributed by atoms with E-state index in [1.165, 1.54) is 0 Å². The summed E-state index contributed by atoms with van der Waals surface area (Å²) in [6.07, 6.45) is 4.35. The van der Waals surface area contributed by atoms with E-state index >= 15 is 0 Å². The molecule has 0 atom stereocenters. The van der Waals surface area contributed by atoms with Crippen molar-refractivity contribution in [3.63, 3.8) is 0 Å². The van der Waals surface area contributed by atoms with Gasteiger partial charge in [-0.15, -0.1) is 0 Å². The van der Waals surface area contributed by atoms with E-state index in [1.54, 1.807) is 18.2 Å². The molecular formula is C21H25BrN4O5S2. The van der Waals surface area contributed by atoms with E-state index in [1.807, 2.05) is 6.92 Å². The van der Waals surface area contributed by atoms with E-state index in [9.17, 15) is 22.8 Å². The van der Waals surface area contributed by atoms with Crippen LogP contribution in [0.3, 0.4) is 0 Å². The minimum absolute atomic E-state index is 0.0267. The molecule has 2 aromatic rings. The summed E-state index contributed by atoms with van der Waals surface area (Å²) in [6.45, 7) is 1.85. The zero-order valence-electron chi connectivity index (χ0n) is 18.2. The first kappa shape index (κ1) is 25.5. The zero-order valence-corrected chi connectivity index (χ0v) is 21.5. The molecule has 9 nitrogen and oxygen atoms in total. The molecule has 0 spiro atoms. The first-order valence-corrected chi connectivity index (χ1v) is 13.9. The minimum atomic E-state index is -3.39. The molecular weight excluding hydrogens is 532 g/mol. The summed E-state index contributed by atoms with van der Waals surface area (Å²) >= 11 is 4.39. The summed E-state index contributed by atoms with van der Waals surface area (Å²) in [7, 11) is -3.39. The molecule has 1 saturated carbocycles. The highest BCUT2D eigenvalue weighted by Crippen LogP contribution is 2.31. The molecule has 0 radical (unpaired) electrons. The molecule has 1 aromatic carbocycles. The fraction of sp³-hybridized carbons (Fsp3) is 0.429. The Morgan fingerprint density at radius 2 is 1.82 bits per heavy atom. The maximum atomic E-state index is 12.9. The average molecular weight is 557 g/mol. The van der Waals surface area contributed by atoms with Gasteiger partial charge in [0.25, 0.3) is 0 Å². The number of Topliss-reactive ketones (excluding diaryl/α,β-unsaturated/α-hetero) is 1. The van der Waals surface area contributed by atoms with Crippen molar-refractivity contribution in [1.82, 2.24) is 9.71 Å². The maximum Gasteiger partial charge on any atom is 0.235 e. The molecule has 1 fully saturated rings. The summed E-state index contributed by atoms with van der Waals surface area (Å²) in [6, 6.07) is 5.27. The van der Waals surface area contributed by atoms with Gasteiger partial charge in [-0.2, -0.15) is 0 Å². The van der Waals surface area contributed by atoms with Crippen molar-refractivity contribution in [2.45, 2.75) is 45.6 Å². The second-order valence-electron chi connectivity index (χ2n) is 8.00. The fourth-order valence-corrected chi connectivity index (χ4v) is 5.39. The van der Waals surface area contributed by atoms with Crippen LogP contribution in [0.15, 0.2) is 22.0 Å². The van der Waals surface area contributed by atoms with Crippen LogP contribution >= 0.6 is 27.3 Å². The smallest absolute Gasteiger partial charge is 0.235 e. The zero-order chi connectivity index (χ0) is 24.2. The molecule has 12 heteroatoms. The monoisotopic (exact) mass is 556 g/mol. The fourth-order valence-electron chi connectivity index (χ4n) is 3.58. The number of sulfonamides is 1. The number of nitrogens with one attached hydrogen (secondary N) is 3. The summed E-state index contributed by atoms with van der Waals surface area (Å²) in [5, 5.41) is 5.46. The number of aryl methyl sites for hydroxylation is 1. The SMILES string of the molecule is Cc1ccc(NC(=O)CC(=O)Nc2nc(CNS(C)(=O)=O)c(Br)s2)c(C(=O)C2CCCC2)c1. The van der Waals surface area contributed by atoms with E-state index in [0.717, 1.165) is 48.8 Å². The predicted molar refractivity (Wildman–Crippen MR) is 131 cm³/mol. The Bertz CT molecular complexity index is 1170. The van der Waals surface area contributed by atoms with E-state index in [2.05, 4.69) is 36.3 Å². The lowest BCUT2D eigenvalue weighted by Gasteiger charge is -2.14. The summed E-state index contributed by atoms with van der Waals surface area (Å²) in [5.74, 6) is -1.13. The molecule has 1 aliphatic carbocycles. The number of amides is 2. The van der Waals surface area contributed by atoms with Gasteiger partial charge in [0.15, 0.2) is 10.9 Å². The van der Waals surface area contributed by atoms with Crippen LogP contribution in [0, 0.1) is 12.8 Å². The lowest BCUT2D eigenvalue weighted by Crippen LogP contribution is -2.23. The minimum Gasteiger partial charge on any atom is -0.325 e. The number of carbonyl (C=O) groups is 3. The summed E-state index contributed by atoms with van der Waals surface area (Å²) in [5.41, 5.74) is 2.21. The second-order valence-corrected chi connectivity index (χ2v) is 12.2. The molecule has 0 aliphatic heterocycles. The third-order valence-corrected chi connectivity index (χ3v) is 7.57. The third kappa shape index (κ3) is 7.42. The third-order valence-electron chi connectivity index (χ3n) is 5.16. The van der Waals surface area contributed by atoms with Gasteiger partial charge >= 0.3 is 0 Å². The van der Waals surface area contributed by atoms with Gasteiger partial charge in [-0.25, -0.2) is 18.1 Å². The predicted octanol–water partition coefficient (Wildman–Crippen LogP) is 3.60. The molecule has 1 aliphatic rings. The Hall–Kier alpha value is -2.15. The van der Waals surface area contributed by atoms with Crippen LogP contribution in [0.25, 0.3) is 0 Å². The van der Waals surface area contributed by atoms with Crippen LogP contribution in [0.1, 0.15) is 53.7 Å². The molecule has 1 aromatic heterocycles. The lowest BCUT2D eigenvalue weighted by molar-refractivity contribution is -0.123. The van der Waals surface area contributed by atoms with Crippen molar-refractivity contribution in [3.05, 3.63) is 38.8 Å². The Balaban J connectivity index is 1.61. The van der Waals surface area contributed by atoms with Crippen molar-refractivity contribution in [3.8, 4) is 0 Å². The number of aromatic nitrogens is 1. The van der Waals surface area contributed by atoms with Crippen molar-refractivity contribution >= 4 is 65.7 Å². The van der Waals surface area contributed by atoms with Crippen LogP contribution in [0.5, 0.6) is 0 Å². The van der Waals surface area contributed by atoms with Crippen molar-refractivity contribution in [2.24, 2.45) is 5.92 Å². The molecule has 0 bridgehead atoms. The number of thiazole rings is 1. The number of carbonyl (C=O) groups excluding carboxylic acids is 3. The van der Waals surface area contributed by atoms with Gasteiger partial charge in [0.1, 0.15) is 6.42 Å². The number of nitrogens with zero attached hydrogens (tertiary/aromatic N) is 1. The highest BCUT2D eigenvalue weighted by Gasteiger charge is 2.26. The van der Waals surface area contributed by atoms with Gasteiger partial charge in [0.2, 0.25) is 21.8 Å². The lowest BCUT2D eigenvalue weighted by atomic mass is 9.94. The largest absolute Gasteiger partial charge is 0.325 e. The van der Waals surface area contributed by atoms with Crippen molar-refractivity contribution < 1.29 is 22.8 Å². The van der Waals surface area contributed by atoms with Gasteiger partial charge in [0.05, 0.1) is 28.0 Å². The van der Waals surface area contributed by atoms with E-state index in [0.29, 0.717) is 20.7 Å². The van der Waals surface area contributed by atoms with Crippen LogP contribution in [-0.4, -0.2) is 37.3 Å². The van der Waals surface area contributed by atoms with Gasteiger partial charge in [-0.1, -0.05) is 35.8 Å². The Morgan fingerprint density at radius 1 is 1.15 bits per heavy atom. The molecule has 178 valence electrons. The van der Waals surface area contributed by atoms with E-state index in [4.69, 9.17) is 0 Å². The molecule has 3 N–H and O–H groups in total. The van der Waals surface area contributed by atoms with E-state index in [-0.39, 0.29) is 23.4 Å². The normalized spacial score (nSPS) is 14.3. The van der Waals surface area contributed by atoms with Crippen LogP contribution in [0.4, 0.5) is 10.8 Å². The van der Waals surface area contributed by atoms with Crippen LogP contribution in [0.2, 0.25) is 0 Å². The second kappa shape index (κ2) is 10.9. The molecule has 1 heterocycles. The standard InChI is InChI=1S/C21H25BrN4O5S2/c1-12-7-8-15(14(9-12)19(29)13-5-3-4-6-13)24-17(27)10-18(28)26-21-25-16(20(22)32-21)11-23-33(2,30)31/h7-9,13,23H,3-6,10-11H2,1-2H3,(H,24,27)(H,25,26,28). The van der Waals surface area contributed by atoms with Crippen molar-refractivity contribution in [1.29, 1.82) is 0 Å². The van der Waals surface area contributed by atoms with Crippen LogP contribution in [-0.2, 0) is 26.2 Å². The number of anilines is 2. The number of halogens is 1. The average Bonchev–Trinajstić information content (AvgIpc) is 3.36. The Labute approximate surface area is 204 Å². The number of hydrogen-bond acceptors (Lipinski definition) is 7. The van der Waals surface area contributed by atoms with Gasteiger partial charge in [-0.3, -0.25) is 14.4 Å². The maximum absolute atomic E-state index is 12.9. The van der Waals surface area contributed by atoms with Crippen molar-refractivity contribution in [2.75, 3.05) is 16.9 Å². The number of benzene rings is 1. The summed E-state index contributed by atoms with van der Waals surface area (Å²) in [4.78, 5) is 41.9. The first-order chi connectivity index (χ1) is 15.5. The quantitative estimate of drug-likeness (QED) is 0.319. The molecule has 3 rings (SSSR count). The molecule has 33 heavy (non-hydrogen) atoms. The number of ketones is 1. The number of hydrogen-bond donors (Lipinski definition) is 3. The summed E-state index contributed by atoms with van der Waals surface area (Å²) < 4.78 is 25.4. The topological polar surface area (TPSA) is 134 Å². The Kier molecular flexibility index (Phi) is 8.38.